The fourth-order valence-corrected chi connectivity index (χ4v) is 3.29. The molecule has 1 aromatic rings. The lowest BCUT2D eigenvalue weighted by molar-refractivity contribution is -0.121. The second-order valence-corrected chi connectivity index (χ2v) is 7.41. The van der Waals surface area contributed by atoms with E-state index in [1.165, 1.54) is 6.07 Å². The van der Waals surface area contributed by atoms with E-state index < -0.39 is 10.0 Å². The topological polar surface area (TPSA) is 98.5 Å². The Morgan fingerprint density at radius 3 is 2.75 bits per heavy atom. The predicted molar refractivity (Wildman–Crippen MR) is 78.1 cm³/mol. The third-order valence-corrected chi connectivity index (χ3v) is 5.37. The lowest BCUT2D eigenvalue weighted by Gasteiger charge is -2.09. The maximum absolute atomic E-state index is 11.5. The summed E-state index contributed by atoms with van der Waals surface area (Å²) >= 11 is 1.13. The molecule has 0 aliphatic carbocycles. The van der Waals surface area contributed by atoms with E-state index in [-0.39, 0.29) is 16.2 Å². The highest BCUT2D eigenvalue weighted by atomic mass is 32.2. The summed E-state index contributed by atoms with van der Waals surface area (Å²) in [6.45, 7) is 2.39. The summed E-state index contributed by atoms with van der Waals surface area (Å²) in [4.78, 5) is 12.4. The minimum absolute atomic E-state index is 0.0304. The Morgan fingerprint density at radius 2 is 2.20 bits per heavy atom. The van der Waals surface area contributed by atoms with E-state index in [1.807, 2.05) is 6.92 Å². The zero-order valence-electron chi connectivity index (χ0n) is 11.6. The van der Waals surface area contributed by atoms with E-state index in [0.29, 0.717) is 25.8 Å². The Kier molecular flexibility index (Phi) is 6.60. The van der Waals surface area contributed by atoms with Gasteiger partial charge < -0.3 is 10.1 Å². The normalized spacial score (nSPS) is 13.2. The first-order chi connectivity index (χ1) is 9.32. The molecule has 0 spiro atoms. The summed E-state index contributed by atoms with van der Waals surface area (Å²) in [6.07, 6.45) is 1.75. The zero-order valence-corrected chi connectivity index (χ0v) is 13.2. The highest BCUT2D eigenvalue weighted by Crippen LogP contribution is 2.20. The van der Waals surface area contributed by atoms with Crippen LogP contribution in [0.2, 0.25) is 0 Å². The van der Waals surface area contributed by atoms with Gasteiger partial charge in [0, 0.05) is 25.0 Å². The molecule has 114 valence electrons. The molecule has 0 saturated heterocycles. The summed E-state index contributed by atoms with van der Waals surface area (Å²) < 4.78 is 27.4. The number of methoxy groups -OCH3 is 1. The van der Waals surface area contributed by atoms with Crippen molar-refractivity contribution in [3.63, 3.8) is 0 Å². The smallest absolute Gasteiger partial charge is 0.247 e. The molecule has 0 saturated carbocycles. The van der Waals surface area contributed by atoms with Gasteiger partial charge in [-0.25, -0.2) is 13.6 Å². The van der Waals surface area contributed by atoms with Gasteiger partial charge in [0.05, 0.1) is 6.10 Å². The van der Waals surface area contributed by atoms with Crippen molar-refractivity contribution in [1.82, 2.24) is 5.32 Å². The van der Waals surface area contributed by atoms with Gasteiger partial charge in [-0.3, -0.25) is 4.79 Å². The number of sulfonamides is 1. The van der Waals surface area contributed by atoms with Crippen molar-refractivity contribution >= 4 is 27.3 Å². The number of carbonyl (C=O) groups is 1. The van der Waals surface area contributed by atoms with Crippen molar-refractivity contribution in [2.24, 2.45) is 5.14 Å². The number of ether oxygens (including phenoxy) is 1. The molecule has 6 nitrogen and oxygen atoms in total. The van der Waals surface area contributed by atoms with Gasteiger partial charge in [0.2, 0.25) is 15.9 Å². The molecule has 1 rings (SSSR count). The van der Waals surface area contributed by atoms with Crippen LogP contribution in [0.4, 0.5) is 0 Å². The lowest BCUT2D eigenvalue weighted by atomic mass is 10.2. The fraction of sp³-hybridized carbons (Fsp3) is 0.583. The predicted octanol–water partition coefficient (Wildman–Crippen LogP) is 0.869. The summed E-state index contributed by atoms with van der Waals surface area (Å²) in [5.41, 5.74) is 0. The maximum atomic E-state index is 11.5. The van der Waals surface area contributed by atoms with Gasteiger partial charge >= 0.3 is 0 Å². The molecule has 0 aliphatic rings. The van der Waals surface area contributed by atoms with E-state index in [4.69, 9.17) is 9.88 Å². The van der Waals surface area contributed by atoms with Crippen LogP contribution in [0.15, 0.2) is 16.3 Å². The first-order valence-electron chi connectivity index (χ1n) is 6.24. The van der Waals surface area contributed by atoms with Crippen molar-refractivity contribution in [2.75, 3.05) is 13.7 Å². The van der Waals surface area contributed by atoms with Crippen LogP contribution in [0.5, 0.6) is 0 Å². The molecule has 1 amide bonds. The van der Waals surface area contributed by atoms with Crippen LogP contribution in [0.25, 0.3) is 0 Å². The number of carbonyl (C=O) groups excluding carboxylic acids is 1. The van der Waals surface area contributed by atoms with Gasteiger partial charge in [-0.05, 0) is 31.9 Å². The van der Waals surface area contributed by atoms with Crippen molar-refractivity contribution in [1.29, 1.82) is 0 Å². The van der Waals surface area contributed by atoms with Gasteiger partial charge in [-0.2, -0.15) is 0 Å². The van der Waals surface area contributed by atoms with E-state index in [2.05, 4.69) is 5.32 Å². The number of rotatable bonds is 8. The van der Waals surface area contributed by atoms with Crippen molar-refractivity contribution in [3.05, 3.63) is 17.0 Å². The molecule has 0 aliphatic heterocycles. The molecule has 1 atom stereocenters. The largest absolute Gasteiger partial charge is 0.382 e. The van der Waals surface area contributed by atoms with Crippen LogP contribution in [0.3, 0.4) is 0 Å². The van der Waals surface area contributed by atoms with Gasteiger partial charge in [-0.15, -0.1) is 11.3 Å². The number of hydrogen-bond donors (Lipinski definition) is 2. The number of nitrogens with two attached hydrogens (primary N) is 1. The molecule has 0 aromatic carbocycles. The number of primary sulfonamides is 1. The third kappa shape index (κ3) is 6.00. The average Bonchev–Trinajstić information content (AvgIpc) is 2.84. The standard InChI is InChI=1S/C12H20N2O4S2/c1-9(18-2)3-5-11(15)14-8-7-10-4-6-12(19-10)20(13,16)17/h4,6,9H,3,5,7-8H2,1-2H3,(H,14,15)(H2,13,16,17). The Labute approximate surface area is 123 Å². The third-order valence-electron chi connectivity index (χ3n) is 2.79. The maximum Gasteiger partial charge on any atom is 0.247 e. The molecule has 3 N–H and O–H groups in total. The van der Waals surface area contributed by atoms with Gasteiger partial charge in [-0.1, -0.05) is 0 Å². The summed E-state index contributed by atoms with van der Waals surface area (Å²) in [7, 11) is -2.01. The van der Waals surface area contributed by atoms with E-state index >= 15 is 0 Å². The summed E-state index contributed by atoms with van der Waals surface area (Å²) in [6, 6.07) is 3.20. The Balaban J connectivity index is 2.31. The number of nitrogens with one attached hydrogen (secondary N) is 1. The van der Waals surface area contributed by atoms with Crippen LogP contribution in [-0.4, -0.2) is 34.1 Å². The van der Waals surface area contributed by atoms with Gasteiger partial charge in [0.15, 0.2) is 0 Å². The van der Waals surface area contributed by atoms with E-state index in [1.54, 1.807) is 13.2 Å². The van der Waals surface area contributed by atoms with Crippen LogP contribution in [0, 0.1) is 0 Å². The monoisotopic (exact) mass is 320 g/mol. The Hall–Kier alpha value is -0.960. The second-order valence-electron chi connectivity index (χ2n) is 4.45. The summed E-state index contributed by atoms with van der Waals surface area (Å²) in [5.74, 6) is -0.0304. The molecule has 1 aromatic heterocycles. The molecule has 0 bridgehead atoms. The number of hydrogen-bond acceptors (Lipinski definition) is 5. The minimum Gasteiger partial charge on any atom is -0.382 e. The second kappa shape index (κ2) is 7.72. The molecule has 1 heterocycles. The Morgan fingerprint density at radius 1 is 1.50 bits per heavy atom. The van der Waals surface area contributed by atoms with Crippen LogP contribution in [-0.2, 0) is 26.0 Å². The average molecular weight is 320 g/mol. The van der Waals surface area contributed by atoms with Crippen molar-refractivity contribution in [3.8, 4) is 0 Å². The van der Waals surface area contributed by atoms with E-state index in [9.17, 15) is 13.2 Å². The van der Waals surface area contributed by atoms with Crippen molar-refractivity contribution < 1.29 is 17.9 Å². The highest BCUT2D eigenvalue weighted by molar-refractivity contribution is 7.91. The molecule has 8 heteroatoms. The molecular weight excluding hydrogens is 300 g/mol. The zero-order chi connectivity index (χ0) is 15.2. The van der Waals surface area contributed by atoms with Gasteiger partial charge in [0.1, 0.15) is 4.21 Å². The molecule has 0 radical (unpaired) electrons. The Bertz CT molecular complexity index is 539. The first kappa shape index (κ1) is 17.1. The fourth-order valence-electron chi connectivity index (χ4n) is 1.51. The minimum atomic E-state index is -3.63. The molecular formula is C12H20N2O4S2. The van der Waals surface area contributed by atoms with Crippen LogP contribution >= 0.6 is 11.3 Å². The SMILES string of the molecule is COC(C)CCC(=O)NCCc1ccc(S(N)(=O)=O)s1. The summed E-state index contributed by atoms with van der Waals surface area (Å²) in [5, 5.41) is 7.82. The first-order valence-corrected chi connectivity index (χ1v) is 8.60. The van der Waals surface area contributed by atoms with Crippen molar-refractivity contribution in [2.45, 2.75) is 36.5 Å². The molecule has 0 fully saturated rings. The molecule has 20 heavy (non-hydrogen) atoms. The van der Waals surface area contributed by atoms with E-state index in [0.717, 1.165) is 16.2 Å². The molecule has 1 unspecified atom stereocenters. The van der Waals surface area contributed by atoms with Crippen LogP contribution in [0.1, 0.15) is 24.6 Å². The number of thiophene rings is 1. The highest BCUT2D eigenvalue weighted by Gasteiger charge is 2.11. The van der Waals surface area contributed by atoms with Crippen LogP contribution < -0.4 is 10.5 Å². The number of amides is 1. The lowest BCUT2D eigenvalue weighted by Crippen LogP contribution is -2.26. The van der Waals surface area contributed by atoms with Gasteiger partial charge in [0.25, 0.3) is 0 Å². The quantitative estimate of drug-likeness (QED) is 0.742.